The Morgan fingerprint density at radius 2 is 2.00 bits per heavy atom. The number of rotatable bonds is 3. The van der Waals surface area contributed by atoms with E-state index < -0.39 is 11.8 Å². The lowest BCUT2D eigenvalue weighted by Crippen LogP contribution is -2.30. The zero-order chi connectivity index (χ0) is 14.8. The first-order chi connectivity index (χ1) is 8.65. The first-order valence-electron chi connectivity index (χ1n) is 6.04. The van der Waals surface area contributed by atoms with Gasteiger partial charge in [-0.3, -0.25) is 0 Å². The van der Waals surface area contributed by atoms with Crippen LogP contribution in [0.1, 0.15) is 31.1 Å². The average Bonchev–Trinajstić information content (AvgIpc) is 2.25. The van der Waals surface area contributed by atoms with Crippen LogP contribution in [0, 0.1) is 11.2 Å². The van der Waals surface area contributed by atoms with Crippen molar-refractivity contribution < 1.29 is 13.9 Å². The molecule has 5 heteroatoms. The minimum atomic E-state index is -0.567. The van der Waals surface area contributed by atoms with Crippen LogP contribution in [0.3, 0.4) is 0 Å². The number of carbonyl (C=O) groups is 1. The van der Waals surface area contributed by atoms with Crippen LogP contribution in [0.5, 0.6) is 0 Å². The van der Waals surface area contributed by atoms with Crippen LogP contribution in [0.2, 0.25) is 0 Å². The van der Waals surface area contributed by atoms with E-state index in [1.165, 1.54) is 13.2 Å². The average molecular weight is 268 g/mol. The number of nitrogens with zero attached hydrogens (tertiary/aromatic N) is 1. The number of benzene rings is 1. The molecule has 0 aliphatic rings. The Morgan fingerprint density at radius 1 is 1.42 bits per heavy atom. The number of anilines is 2. The van der Waals surface area contributed by atoms with Gasteiger partial charge in [-0.1, -0.05) is 20.8 Å². The fourth-order valence-corrected chi connectivity index (χ4v) is 1.95. The second kappa shape index (κ2) is 5.47. The molecule has 4 nitrogen and oxygen atoms in total. The molecular weight excluding hydrogens is 247 g/mol. The number of methoxy groups -OCH3 is 1. The number of esters is 1. The maximum atomic E-state index is 13.9. The summed E-state index contributed by atoms with van der Waals surface area (Å²) >= 11 is 0. The first-order valence-corrected chi connectivity index (χ1v) is 6.04. The van der Waals surface area contributed by atoms with Crippen molar-refractivity contribution in [3.8, 4) is 0 Å². The molecule has 19 heavy (non-hydrogen) atoms. The van der Waals surface area contributed by atoms with Crippen LogP contribution in [0.4, 0.5) is 15.8 Å². The van der Waals surface area contributed by atoms with Crippen molar-refractivity contribution >= 4 is 17.3 Å². The van der Waals surface area contributed by atoms with E-state index in [1.807, 2.05) is 0 Å². The summed E-state index contributed by atoms with van der Waals surface area (Å²) in [7, 11) is 3.05. The van der Waals surface area contributed by atoms with Crippen LogP contribution in [-0.4, -0.2) is 26.7 Å². The molecule has 106 valence electrons. The molecule has 1 aromatic rings. The molecule has 0 radical (unpaired) electrons. The summed E-state index contributed by atoms with van der Waals surface area (Å²) in [5.41, 5.74) is 6.24. The van der Waals surface area contributed by atoms with Crippen molar-refractivity contribution in [2.24, 2.45) is 5.41 Å². The number of hydrogen-bond acceptors (Lipinski definition) is 4. The van der Waals surface area contributed by atoms with Gasteiger partial charge in [0.05, 0.1) is 18.4 Å². The lowest BCUT2D eigenvalue weighted by molar-refractivity contribution is 0.0602. The van der Waals surface area contributed by atoms with Crippen LogP contribution in [-0.2, 0) is 4.74 Å². The minimum Gasteiger partial charge on any atom is -0.465 e. The molecule has 1 aromatic carbocycles. The molecule has 0 spiro atoms. The van der Waals surface area contributed by atoms with Gasteiger partial charge in [-0.15, -0.1) is 0 Å². The van der Waals surface area contributed by atoms with Crippen LogP contribution >= 0.6 is 0 Å². The van der Waals surface area contributed by atoms with Crippen LogP contribution < -0.4 is 10.6 Å². The minimum absolute atomic E-state index is 0.00794. The second-order valence-corrected chi connectivity index (χ2v) is 5.80. The Balaban J connectivity index is 3.17. The molecular formula is C14H21FN2O2. The van der Waals surface area contributed by atoms with Crippen LogP contribution in [0.15, 0.2) is 12.1 Å². The zero-order valence-electron chi connectivity index (χ0n) is 12.1. The molecule has 0 atom stereocenters. The van der Waals surface area contributed by atoms with E-state index in [0.717, 1.165) is 6.07 Å². The van der Waals surface area contributed by atoms with E-state index in [9.17, 15) is 9.18 Å². The van der Waals surface area contributed by atoms with Crippen molar-refractivity contribution in [1.82, 2.24) is 0 Å². The first kappa shape index (κ1) is 15.3. The number of nitrogens with two attached hydrogens (primary N) is 1. The summed E-state index contributed by atoms with van der Waals surface area (Å²) in [5.74, 6) is -1.01. The van der Waals surface area contributed by atoms with Gasteiger partial charge in [0, 0.05) is 19.3 Å². The zero-order valence-corrected chi connectivity index (χ0v) is 12.1. The molecule has 2 N–H and O–H groups in total. The molecule has 0 saturated carbocycles. The predicted octanol–water partition coefficient (Wildman–Crippen LogP) is 2.68. The van der Waals surface area contributed by atoms with Gasteiger partial charge in [0.15, 0.2) is 0 Å². The lowest BCUT2D eigenvalue weighted by Gasteiger charge is -2.29. The molecule has 0 aliphatic carbocycles. The maximum Gasteiger partial charge on any atom is 0.340 e. The highest BCUT2D eigenvalue weighted by Crippen LogP contribution is 2.27. The van der Waals surface area contributed by atoms with Gasteiger partial charge < -0.3 is 15.4 Å². The number of hydrogen-bond donors (Lipinski definition) is 1. The summed E-state index contributed by atoms with van der Waals surface area (Å²) in [4.78, 5) is 13.3. The summed E-state index contributed by atoms with van der Waals surface area (Å²) in [6, 6.07) is 2.59. The largest absolute Gasteiger partial charge is 0.465 e. The fourth-order valence-electron chi connectivity index (χ4n) is 1.95. The summed E-state index contributed by atoms with van der Waals surface area (Å²) in [6.45, 7) is 6.81. The molecule has 0 aromatic heterocycles. The van der Waals surface area contributed by atoms with E-state index in [1.54, 1.807) is 11.9 Å². The van der Waals surface area contributed by atoms with Crippen molar-refractivity contribution in [2.75, 3.05) is 31.3 Å². The molecule has 0 unspecified atom stereocenters. The van der Waals surface area contributed by atoms with Crippen molar-refractivity contribution in [2.45, 2.75) is 20.8 Å². The van der Waals surface area contributed by atoms with Crippen molar-refractivity contribution in [3.05, 3.63) is 23.5 Å². The maximum absolute atomic E-state index is 13.9. The van der Waals surface area contributed by atoms with E-state index in [0.29, 0.717) is 12.2 Å². The monoisotopic (exact) mass is 268 g/mol. The van der Waals surface area contributed by atoms with Gasteiger partial charge in [0.25, 0.3) is 0 Å². The number of halogens is 1. The Morgan fingerprint density at radius 3 is 2.47 bits per heavy atom. The van der Waals surface area contributed by atoms with Gasteiger partial charge in [-0.2, -0.15) is 0 Å². The fraction of sp³-hybridized carbons (Fsp3) is 0.500. The predicted molar refractivity (Wildman–Crippen MR) is 74.9 cm³/mol. The highest BCUT2D eigenvalue weighted by molar-refractivity contribution is 5.96. The summed E-state index contributed by atoms with van der Waals surface area (Å²) in [6.07, 6.45) is 0. The molecule has 0 heterocycles. The second-order valence-electron chi connectivity index (χ2n) is 5.80. The highest BCUT2D eigenvalue weighted by atomic mass is 19.1. The van der Waals surface area contributed by atoms with Gasteiger partial charge in [-0.25, -0.2) is 9.18 Å². The topological polar surface area (TPSA) is 55.6 Å². The van der Waals surface area contributed by atoms with Gasteiger partial charge >= 0.3 is 5.97 Å². The normalized spacial score (nSPS) is 11.3. The number of carbonyl (C=O) groups excluding carboxylic acids is 1. The highest BCUT2D eigenvalue weighted by Gasteiger charge is 2.20. The number of nitrogen functional groups attached to an aromatic ring is 1. The molecule has 0 amide bonds. The quantitative estimate of drug-likeness (QED) is 0.676. The van der Waals surface area contributed by atoms with Crippen molar-refractivity contribution in [1.29, 1.82) is 0 Å². The molecule has 1 rings (SSSR count). The van der Waals surface area contributed by atoms with E-state index in [-0.39, 0.29) is 16.7 Å². The molecule has 0 aliphatic heterocycles. The third kappa shape index (κ3) is 3.84. The Hall–Kier alpha value is -1.78. The smallest absolute Gasteiger partial charge is 0.340 e. The van der Waals surface area contributed by atoms with E-state index in [2.05, 4.69) is 25.5 Å². The van der Waals surface area contributed by atoms with E-state index >= 15 is 0 Å². The third-order valence-corrected chi connectivity index (χ3v) is 2.65. The Kier molecular flexibility index (Phi) is 4.39. The SMILES string of the molecule is COC(=O)c1cc(N(C)CC(C)(C)C)c(F)cc1N. The summed E-state index contributed by atoms with van der Waals surface area (Å²) in [5, 5.41) is 0. The van der Waals surface area contributed by atoms with Crippen molar-refractivity contribution in [3.63, 3.8) is 0 Å². The van der Waals surface area contributed by atoms with E-state index in [4.69, 9.17) is 5.73 Å². The van der Waals surface area contributed by atoms with Gasteiger partial charge in [-0.05, 0) is 17.5 Å². The molecule has 0 bridgehead atoms. The molecule has 0 fully saturated rings. The lowest BCUT2D eigenvalue weighted by atomic mass is 9.96. The Labute approximate surface area is 113 Å². The van der Waals surface area contributed by atoms with Gasteiger partial charge in [0.2, 0.25) is 0 Å². The van der Waals surface area contributed by atoms with Crippen LogP contribution in [0.25, 0.3) is 0 Å². The standard InChI is InChI=1S/C14H21FN2O2/c1-14(2,3)8-17(4)12-6-9(13(18)19-5)11(16)7-10(12)15/h6-7H,8,16H2,1-5H3. The molecule has 0 saturated heterocycles. The van der Waals surface area contributed by atoms with Gasteiger partial charge in [0.1, 0.15) is 5.82 Å². The third-order valence-electron chi connectivity index (χ3n) is 2.65. The number of ether oxygens (including phenoxy) is 1. The summed E-state index contributed by atoms with van der Waals surface area (Å²) < 4.78 is 18.6. The Bertz CT molecular complexity index is 481.